The molecule has 0 unspecified atom stereocenters. The molecule has 176 valence electrons. The Kier molecular flexibility index (Phi) is 5.79. The second-order valence-corrected chi connectivity index (χ2v) is 9.32. The van der Waals surface area contributed by atoms with Crippen molar-refractivity contribution in [2.24, 2.45) is 0 Å². The largest absolute Gasteiger partial charge is 0.468 e. The van der Waals surface area contributed by atoms with E-state index >= 15 is 0 Å². The average molecular weight is 461 g/mol. The van der Waals surface area contributed by atoms with Crippen molar-refractivity contribution in [1.82, 2.24) is 25.1 Å². The van der Waals surface area contributed by atoms with Gasteiger partial charge in [0.2, 0.25) is 5.88 Å². The normalized spacial score (nSPS) is 14.5. The minimum atomic E-state index is -4.45. The first-order chi connectivity index (χ1) is 15.4. The van der Waals surface area contributed by atoms with E-state index in [0.29, 0.717) is 33.8 Å². The Labute approximate surface area is 189 Å². The number of carbonyl (C=O) groups excluding carboxylic acids is 1. The fourth-order valence-corrected chi connectivity index (χ4v) is 3.62. The molecule has 0 atom stereocenters. The van der Waals surface area contributed by atoms with Gasteiger partial charge in [-0.15, -0.1) is 0 Å². The number of alkyl halides is 3. The molecule has 3 aromatic heterocycles. The average Bonchev–Trinajstić information content (AvgIpc) is 3.52. The van der Waals surface area contributed by atoms with E-state index in [9.17, 15) is 18.0 Å². The van der Waals surface area contributed by atoms with Crippen LogP contribution in [0, 0.1) is 6.92 Å². The van der Waals surface area contributed by atoms with Gasteiger partial charge in [-0.05, 0) is 58.2 Å². The summed E-state index contributed by atoms with van der Waals surface area (Å²) < 4.78 is 43.7. The number of carbonyl (C=O) groups is 1. The number of rotatable bonds is 6. The molecule has 1 saturated carbocycles. The third-order valence-corrected chi connectivity index (χ3v) is 5.34. The molecule has 3 aromatic rings. The summed E-state index contributed by atoms with van der Waals surface area (Å²) in [5.41, 5.74) is 3.04. The maximum atomic E-state index is 13.2. The molecular formula is C23H26F3N5O2. The summed E-state index contributed by atoms with van der Waals surface area (Å²) in [6.45, 7) is 6.64. The van der Waals surface area contributed by atoms with Gasteiger partial charge in [0.05, 0.1) is 22.2 Å². The van der Waals surface area contributed by atoms with Crippen molar-refractivity contribution in [2.45, 2.75) is 64.7 Å². The Morgan fingerprint density at radius 1 is 1.24 bits per heavy atom. The molecule has 1 amide bonds. The van der Waals surface area contributed by atoms with Crippen LogP contribution in [-0.4, -0.2) is 38.4 Å². The Morgan fingerprint density at radius 3 is 2.61 bits per heavy atom. The van der Waals surface area contributed by atoms with Gasteiger partial charge in [0.15, 0.2) is 12.3 Å². The van der Waals surface area contributed by atoms with E-state index in [0.717, 1.165) is 18.5 Å². The summed E-state index contributed by atoms with van der Waals surface area (Å²) in [6, 6.07) is 4.83. The molecule has 7 nitrogen and oxygen atoms in total. The van der Waals surface area contributed by atoms with Crippen molar-refractivity contribution in [3.8, 4) is 5.88 Å². The summed E-state index contributed by atoms with van der Waals surface area (Å²) >= 11 is 0. The number of hydrogen-bond donors (Lipinski definition) is 1. The van der Waals surface area contributed by atoms with Gasteiger partial charge in [-0.1, -0.05) is 0 Å². The molecule has 0 aliphatic heterocycles. The zero-order valence-electron chi connectivity index (χ0n) is 19.0. The zero-order chi connectivity index (χ0) is 24.0. The molecule has 1 aliphatic carbocycles. The standard InChI is InChI=1S/C23H26F3N5O2/c1-13-19-16(10-17(15-5-6-15)29-20(19)31(30-13)22(2,3)4)21(32)28-11-14-7-8-27-18(9-14)33-12-23(24,25)26/h7-10,15H,5-6,11-12H2,1-4H3,(H,28,32). The van der Waals surface area contributed by atoms with E-state index in [-0.39, 0.29) is 23.9 Å². The lowest BCUT2D eigenvalue weighted by molar-refractivity contribution is -0.154. The molecular weight excluding hydrogens is 435 g/mol. The zero-order valence-corrected chi connectivity index (χ0v) is 19.0. The molecule has 1 fully saturated rings. The topological polar surface area (TPSA) is 81.9 Å². The summed E-state index contributed by atoms with van der Waals surface area (Å²) in [6.07, 6.45) is -1.02. The van der Waals surface area contributed by atoms with E-state index in [4.69, 9.17) is 9.72 Å². The molecule has 0 bridgehead atoms. The number of hydrogen-bond acceptors (Lipinski definition) is 5. The van der Waals surface area contributed by atoms with E-state index in [1.165, 1.54) is 12.3 Å². The van der Waals surface area contributed by atoms with Crippen molar-refractivity contribution in [1.29, 1.82) is 0 Å². The van der Waals surface area contributed by atoms with Crippen LogP contribution in [0.4, 0.5) is 13.2 Å². The summed E-state index contributed by atoms with van der Waals surface area (Å²) in [5.74, 6) is -0.0998. The molecule has 0 saturated heterocycles. The van der Waals surface area contributed by atoms with Crippen LogP contribution in [0.2, 0.25) is 0 Å². The number of fused-ring (bicyclic) bond motifs is 1. The van der Waals surface area contributed by atoms with Gasteiger partial charge in [-0.3, -0.25) is 4.79 Å². The first kappa shape index (κ1) is 23.0. The molecule has 1 aliphatic rings. The SMILES string of the molecule is Cc1nn(C(C)(C)C)c2nc(C3CC3)cc(C(=O)NCc3ccnc(OCC(F)(F)F)c3)c12. The van der Waals surface area contributed by atoms with Gasteiger partial charge in [0.25, 0.3) is 5.91 Å². The first-order valence-corrected chi connectivity index (χ1v) is 10.8. The van der Waals surface area contributed by atoms with Crippen LogP contribution in [0.25, 0.3) is 11.0 Å². The van der Waals surface area contributed by atoms with Crippen molar-refractivity contribution in [3.63, 3.8) is 0 Å². The number of aromatic nitrogens is 4. The molecule has 3 heterocycles. The quantitative estimate of drug-likeness (QED) is 0.579. The van der Waals surface area contributed by atoms with Crippen LogP contribution in [-0.2, 0) is 12.1 Å². The first-order valence-electron chi connectivity index (χ1n) is 10.8. The van der Waals surface area contributed by atoms with Gasteiger partial charge in [-0.2, -0.15) is 18.3 Å². The van der Waals surface area contributed by atoms with Crippen LogP contribution in [0.1, 0.15) is 66.8 Å². The second-order valence-electron chi connectivity index (χ2n) is 9.32. The third kappa shape index (κ3) is 5.26. The summed E-state index contributed by atoms with van der Waals surface area (Å²) in [5, 5.41) is 8.22. The number of pyridine rings is 2. The molecule has 1 N–H and O–H groups in total. The highest BCUT2D eigenvalue weighted by molar-refractivity contribution is 6.06. The van der Waals surface area contributed by atoms with Gasteiger partial charge in [0.1, 0.15) is 0 Å². The molecule has 0 radical (unpaired) electrons. The number of halogens is 3. The van der Waals surface area contributed by atoms with Gasteiger partial charge in [0, 0.05) is 30.4 Å². The fourth-order valence-electron chi connectivity index (χ4n) is 3.62. The number of amides is 1. The van der Waals surface area contributed by atoms with E-state index in [1.54, 1.807) is 6.07 Å². The summed E-state index contributed by atoms with van der Waals surface area (Å²) in [7, 11) is 0. The third-order valence-electron chi connectivity index (χ3n) is 5.34. The lowest BCUT2D eigenvalue weighted by Gasteiger charge is -2.20. The van der Waals surface area contributed by atoms with Crippen molar-refractivity contribution < 1.29 is 22.7 Å². The van der Waals surface area contributed by atoms with Crippen LogP contribution >= 0.6 is 0 Å². The van der Waals surface area contributed by atoms with Gasteiger partial charge >= 0.3 is 6.18 Å². The van der Waals surface area contributed by atoms with E-state index in [2.05, 4.69) is 15.4 Å². The van der Waals surface area contributed by atoms with Crippen molar-refractivity contribution in [3.05, 3.63) is 46.9 Å². The smallest absolute Gasteiger partial charge is 0.422 e. The molecule has 0 spiro atoms. The highest BCUT2D eigenvalue weighted by Crippen LogP contribution is 2.41. The molecule has 0 aromatic carbocycles. The Balaban J connectivity index is 1.59. The molecule has 4 rings (SSSR count). The van der Waals surface area contributed by atoms with E-state index < -0.39 is 12.8 Å². The number of ether oxygens (including phenoxy) is 1. The van der Waals surface area contributed by atoms with Crippen molar-refractivity contribution >= 4 is 16.9 Å². The number of aryl methyl sites for hydroxylation is 1. The van der Waals surface area contributed by atoms with Gasteiger partial charge < -0.3 is 10.1 Å². The molecule has 10 heteroatoms. The lowest BCUT2D eigenvalue weighted by Crippen LogP contribution is -2.25. The maximum absolute atomic E-state index is 13.2. The monoisotopic (exact) mass is 461 g/mol. The lowest BCUT2D eigenvalue weighted by atomic mass is 10.1. The number of nitrogens with one attached hydrogen (secondary N) is 1. The minimum absolute atomic E-state index is 0.110. The Bertz CT molecular complexity index is 1190. The van der Waals surface area contributed by atoms with Crippen molar-refractivity contribution in [2.75, 3.05) is 6.61 Å². The highest BCUT2D eigenvalue weighted by Gasteiger charge is 2.31. The number of nitrogens with zero attached hydrogens (tertiary/aromatic N) is 4. The predicted octanol–water partition coefficient (Wildman–Crippen LogP) is 4.64. The second kappa shape index (κ2) is 8.31. The van der Waals surface area contributed by atoms with Crippen LogP contribution in [0.5, 0.6) is 5.88 Å². The summed E-state index contributed by atoms with van der Waals surface area (Å²) in [4.78, 5) is 21.8. The van der Waals surface area contributed by atoms with Crippen LogP contribution in [0.3, 0.4) is 0 Å². The van der Waals surface area contributed by atoms with Gasteiger partial charge in [-0.25, -0.2) is 14.6 Å². The Hall–Kier alpha value is -3.17. The van der Waals surface area contributed by atoms with Crippen LogP contribution < -0.4 is 10.1 Å². The predicted molar refractivity (Wildman–Crippen MR) is 116 cm³/mol. The minimum Gasteiger partial charge on any atom is -0.468 e. The maximum Gasteiger partial charge on any atom is 0.422 e. The Morgan fingerprint density at radius 2 is 1.97 bits per heavy atom. The van der Waals surface area contributed by atoms with Crippen LogP contribution in [0.15, 0.2) is 24.4 Å². The van der Waals surface area contributed by atoms with E-state index in [1.807, 2.05) is 38.4 Å². The fraction of sp³-hybridized carbons (Fsp3) is 0.478. The highest BCUT2D eigenvalue weighted by atomic mass is 19.4. The molecule has 33 heavy (non-hydrogen) atoms.